The molecule has 0 atom stereocenters. The third kappa shape index (κ3) is 6.04. The number of fused-ring (bicyclic) bond motifs is 1. The molecule has 0 aliphatic carbocycles. The Morgan fingerprint density at radius 1 is 1.00 bits per heavy atom. The molecular weight excluding hydrogens is 390 g/mol. The van der Waals surface area contributed by atoms with E-state index >= 15 is 0 Å². The number of hydrogen-bond donors (Lipinski definition) is 0. The lowest BCUT2D eigenvalue weighted by Gasteiger charge is -2.10. The Morgan fingerprint density at radius 2 is 1.68 bits per heavy atom. The molecule has 2 aromatic heterocycles. The van der Waals surface area contributed by atoms with Gasteiger partial charge in [0.25, 0.3) is 0 Å². The summed E-state index contributed by atoms with van der Waals surface area (Å²) in [6.45, 7) is 6.04. The van der Waals surface area contributed by atoms with E-state index in [0.717, 1.165) is 23.2 Å². The van der Waals surface area contributed by atoms with Gasteiger partial charge in [-0.25, -0.2) is 4.98 Å². The van der Waals surface area contributed by atoms with E-state index in [4.69, 9.17) is 9.47 Å². The third-order valence-corrected chi connectivity index (χ3v) is 4.51. The fraction of sp³-hybridized carbons (Fsp3) is 0.320. The van der Waals surface area contributed by atoms with Gasteiger partial charge in [-0.2, -0.15) is 0 Å². The van der Waals surface area contributed by atoms with Crippen molar-refractivity contribution >= 4 is 16.9 Å². The molecule has 0 aliphatic heterocycles. The molecule has 0 saturated heterocycles. The van der Waals surface area contributed by atoms with Crippen LogP contribution >= 0.6 is 0 Å². The van der Waals surface area contributed by atoms with Crippen LogP contribution in [0.15, 0.2) is 72.3 Å². The van der Waals surface area contributed by atoms with E-state index < -0.39 is 0 Å². The van der Waals surface area contributed by atoms with Gasteiger partial charge in [0, 0.05) is 12.6 Å². The molecule has 3 rings (SSSR count). The van der Waals surface area contributed by atoms with Crippen molar-refractivity contribution in [1.29, 1.82) is 0 Å². The summed E-state index contributed by atoms with van der Waals surface area (Å²) < 4.78 is 12.4. The molecule has 0 saturated carbocycles. The van der Waals surface area contributed by atoms with Gasteiger partial charge in [-0.1, -0.05) is 39.0 Å². The van der Waals surface area contributed by atoms with Crippen LogP contribution in [0.2, 0.25) is 0 Å². The molecule has 0 N–H and O–H groups in total. The van der Waals surface area contributed by atoms with E-state index in [9.17, 15) is 4.79 Å². The molecule has 31 heavy (non-hydrogen) atoms. The number of pyridine rings is 1. The number of aromatic nitrogens is 3. The number of nitrogens with zero attached hydrogens (tertiary/aromatic N) is 3. The van der Waals surface area contributed by atoms with Crippen LogP contribution in [0.25, 0.3) is 22.6 Å². The monoisotopic (exact) mass is 421 g/mol. The number of methoxy groups -OCH3 is 2. The molecule has 0 fully saturated rings. The smallest absolute Gasteiger partial charge is 0.236 e. The average Bonchev–Trinajstić information content (AvgIpc) is 3.22. The first-order valence-corrected chi connectivity index (χ1v) is 10.6. The van der Waals surface area contributed by atoms with Crippen LogP contribution in [0.3, 0.4) is 0 Å². The van der Waals surface area contributed by atoms with Gasteiger partial charge in [-0.05, 0) is 42.8 Å². The Hall–Kier alpha value is -3.41. The van der Waals surface area contributed by atoms with Crippen LogP contribution in [-0.2, 0) is 9.47 Å². The van der Waals surface area contributed by atoms with Crippen molar-refractivity contribution < 1.29 is 14.3 Å². The Kier molecular flexibility index (Phi) is 9.49. The molecule has 6 nitrogen and oxygen atoms in total. The van der Waals surface area contributed by atoms with Gasteiger partial charge in [0.15, 0.2) is 5.82 Å². The molecule has 2 heterocycles. The lowest BCUT2D eigenvalue weighted by Crippen LogP contribution is -2.12. The van der Waals surface area contributed by atoms with Crippen molar-refractivity contribution in [3.05, 3.63) is 72.3 Å². The number of carbonyl (C=O) groups is 1. The predicted molar refractivity (Wildman–Crippen MR) is 125 cm³/mol. The molecule has 0 amide bonds. The minimum absolute atomic E-state index is 0.104. The van der Waals surface area contributed by atoms with Gasteiger partial charge in [-0.15, -0.1) is 0 Å². The average molecular weight is 422 g/mol. The maximum Gasteiger partial charge on any atom is 0.236 e. The van der Waals surface area contributed by atoms with Gasteiger partial charge in [0.1, 0.15) is 5.69 Å². The summed E-state index contributed by atoms with van der Waals surface area (Å²) in [5, 5.41) is 0. The van der Waals surface area contributed by atoms with E-state index in [1.807, 2.05) is 69.3 Å². The molecule has 0 aliphatic rings. The van der Waals surface area contributed by atoms with Gasteiger partial charge in [0.2, 0.25) is 5.91 Å². The highest BCUT2D eigenvalue weighted by Crippen LogP contribution is 2.24. The van der Waals surface area contributed by atoms with E-state index in [0.29, 0.717) is 23.7 Å². The quantitative estimate of drug-likeness (QED) is 0.416. The largest absolute Gasteiger partial charge is 0.501 e. The first-order chi connectivity index (χ1) is 15.2. The van der Waals surface area contributed by atoms with Crippen LogP contribution < -0.4 is 0 Å². The number of allylic oxidation sites excluding steroid dienone is 2. The van der Waals surface area contributed by atoms with Crippen LogP contribution in [0, 0.1) is 0 Å². The summed E-state index contributed by atoms with van der Waals surface area (Å²) in [6, 6.07) is 13.1. The van der Waals surface area contributed by atoms with Crippen molar-refractivity contribution in [2.24, 2.45) is 0 Å². The van der Waals surface area contributed by atoms with Crippen LogP contribution in [0.5, 0.6) is 0 Å². The van der Waals surface area contributed by atoms with Gasteiger partial charge < -0.3 is 9.47 Å². The van der Waals surface area contributed by atoms with Crippen molar-refractivity contribution in [3.8, 4) is 11.5 Å². The van der Waals surface area contributed by atoms with Crippen LogP contribution in [0.4, 0.5) is 0 Å². The minimum atomic E-state index is -0.104. The second-order valence-electron chi connectivity index (χ2n) is 6.41. The Labute approximate surface area is 184 Å². The predicted octanol–water partition coefficient (Wildman–Crippen LogP) is 6.02. The molecule has 0 spiro atoms. The Bertz CT molecular complexity index is 1040. The molecule has 0 bridgehead atoms. The maximum absolute atomic E-state index is 13.2. The minimum Gasteiger partial charge on any atom is -0.501 e. The number of imidazole rings is 1. The standard InChI is InChI=1S/C23H25N3O3.C2H6/c1-4-9-17(28-2)16-18(29-3)13-14-22(27)26-21-12-6-5-10-19(21)25-23(26)20-11-7-8-15-24-20;1-2/h5-13,15H,4,14,16H2,1-3H3;1-2H3/b17-9+,18-13+;. The lowest BCUT2D eigenvalue weighted by molar-refractivity contribution is 0.0921. The molecule has 6 heteroatoms. The number of para-hydroxylation sites is 2. The lowest BCUT2D eigenvalue weighted by atomic mass is 10.2. The van der Waals surface area contributed by atoms with Gasteiger partial charge in [-0.3, -0.25) is 14.3 Å². The fourth-order valence-electron chi connectivity index (χ4n) is 3.09. The highest BCUT2D eigenvalue weighted by atomic mass is 16.5. The molecule has 3 aromatic rings. The molecule has 0 radical (unpaired) electrons. The summed E-state index contributed by atoms with van der Waals surface area (Å²) in [7, 11) is 3.23. The summed E-state index contributed by atoms with van der Waals surface area (Å²) in [6.07, 6.45) is 7.03. The fourth-order valence-corrected chi connectivity index (χ4v) is 3.09. The third-order valence-electron chi connectivity index (χ3n) is 4.51. The highest BCUT2D eigenvalue weighted by molar-refractivity contribution is 5.95. The SMILES string of the molecule is CC.CC/C=C(\C/C(=C\CC(=O)n1c(-c2ccccn2)nc2ccccc21)OC)OC. The van der Waals surface area contributed by atoms with E-state index in [1.54, 1.807) is 31.1 Å². The zero-order valence-electron chi connectivity index (χ0n) is 19.0. The molecular formula is C25H31N3O3. The number of ether oxygens (including phenoxy) is 2. The number of rotatable bonds is 8. The normalized spacial score (nSPS) is 11.6. The van der Waals surface area contributed by atoms with Crippen LogP contribution in [-0.4, -0.2) is 34.7 Å². The Balaban J connectivity index is 0.00000166. The van der Waals surface area contributed by atoms with Crippen molar-refractivity contribution in [1.82, 2.24) is 14.5 Å². The Morgan fingerprint density at radius 3 is 2.32 bits per heavy atom. The summed E-state index contributed by atoms with van der Waals surface area (Å²) in [4.78, 5) is 22.2. The van der Waals surface area contributed by atoms with Crippen LogP contribution in [0.1, 0.15) is 44.8 Å². The topological polar surface area (TPSA) is 66.2 Å². The van der Waals surface area contributed by atoms with E-state index in [-0.39, 0.29) is 12.3 Å². The van der Waals surface area contributed by atoms with E-state index in [2.05, 4.69) is 9.97 Å². The zero-order chi connectivity index (χ0) is 22.6. The number of benzene rings is 1. The van der Waals surface area contributed by atoms with Gasteiger partial charge >= 0.3 is 0 Å². The second-order valence-corrected chi connectivity index (χ2v) is 6.41. The molecule has 164 valence electrons. The van der Waals surface area contributed by atoms with Crippen molar-refractivity contribution in [2.75, 3.05) is 14.2 Å². The summed E-state index contributed by atoms with van der Waals surface area (Å²) >= 11 is 0. The molecule has 1 aromatic carbocycles. The number of hydrogen-bond acceptors (Lipinski definition) is 5. The summed E-state index contributed by atoms with van der Waals surface area (Å²) in [5.41, 5.74) is 2.17. The molecule has 0 unspecified atom stereocenters. The summed E-state index contributed by atoms with van der Waals surface area (Å²) in [5.74, 6) is 1.93. The zero-order valence-corrected chi connectivity index (χ0v) is 19.0. The van der Waals surface area contributed by atoms with E-state index in [1.165, 1.54) is 0 Å². The highest BCUT2D eigenvalue weighted by Gasteiger charge is 2.18. The van der Waals surface area contributed by atoms with Crippen molar-refractivity contribution in [2.45, 2.75) is 40.0 Å². The first-order valence-electron chi connectivity index (χ1n) is 10.6. The maximum atomic E-state index is 13.2. The number of carbonyl (C=O) groups excluding carboxylic acids is 1. The second kappa shape index (κ2) is 12.3. The first kappa shape index (κ1) is 23.9. The van der Waals surface area contributed by atoms with Crippen molar-refractivity contribution in [3.63, 3.8) is 0 Å². The van der Waals surface area contributed by atoms with Gasteiger partial charge in [0.05, 0.1) is 43.2 Å².